The van der Waals surface area contributed by atoms with Crippen molar-refractivity contribution in [3.63, 3.8) is 0 Å². The topological polar surface area (TPSA) is 50.9 Å². The van der Waals surface area contributed by atoms with E-state index >= 15 is 0 Å². The summed E-state index contributed by atoms with van der Waals surface area (Å²) in [7, 11) is 0. The first kappa shape index (κ1) is 15.0. The first-order chi connectivity index (χ1) is 8.35. The highest BCUT2D eigenvalue weighted by atomic mass is 14.9. The van der Waals surface area contributed by atoms with Gasteiger partial charge in [-0.25, -0.2) is 4.98 Å². The first-order valence-electron chi connectivity index (χ1n) is 6.79. The number of aromatic nitrogens is 1. The SMILES string of the molecule is CCCNC(CC(C)(C)C)c1c(C)ccnc1N. The van der Waals surface area contributed by atoms with E-state index in [1.54, 1.807) is 6.20 Å². The van der Waals surface area contributed by atoms with E-state index in [0.717, 1.165) is 19.4 Å². The second kappa shape index (κ2) is 6.19. The molecule has 1 heterocycles. The Morgan fingerprint density at radius 1 is 1.39 bits per heavy atom. The van der Waals surface area contributed by atoms with Gasteiger partial charge in [-0.1, -0.05) is 27.7 Å². The lowest BCUT2D eigenvalue weighted by atomic mass is 9.84. The second-order valence-corrected chi connectivity index (χ2v) is 6.20. The lowest BCUT2D eigenvalue weighted by molar-refractivity contribution is 0.311. The lowest BCUT2D eigenvalue weighted by Gasteiger charge is -2.28. The Labute approximate surface area is 111 Å². The molecule has 0 saturated heterocycles. The van der Waals surface area contributed by atoms with Crippen LogP contribution in [0.1, 0.15) is 57.7 Å². The van der Waals surface area contributed by atoms with Gasteiger partial charge in [0.15, 0.2) is 0 Å². The van der Waals surface area contributed by atoms with Crippen LogP contribution in [-0.2, 0) is 0 Å². The summed E-state index contributed by atoms with van der Waals surface area (Å²) < 4.78 is 0. The molecule has 0 saturated carbocycles. The zero-order valence-corrected chi connectivity index (χ0v) is 12.4. The van der Waals surface area contributed by atoms with Crippen LogP contribution in [0.5, 0.6) is 0 Å². The summed E-state index contributed by atoms with van der Waals surface area (Å²) in [5.74, 6) is 0.660. The van der Waals surface area contributed by atoms with Crippen molar-refractivity contribution >= 4 is 5.82 Å². The minimum absolute atomic E-state index is 0.264. The van der Waals surface area contributed by atoms with Crippen molar-refractivity contribution in [2.45, 2.75) is 53.5 Å². The van der Waals surface area contributed by atoms with E-state index in [1.807, 2.05) is 6.07 Å². The number of rotatable bonds is 5. The molecule has 0 radical (unpaired) electrons. The lowest BCUT2D eigenvalue weighted by Crippen LogP contribution is -2.28. The molecule has 102 valence electrons. The van der Waals surface area contributed by atoms with E-state index in [0.29, 0.717) is 11.9 Å². The number of nitrogens with two attached hydrogens (primary N) is 1. The predicted molar refractivity (Wildman–Crippen MR) is 78.5 cm³/mol. The van der Waals surface area contributed by atoms with E-state index in [4.69, 9.17) is 5.73 Å². The molecule has 18 heavy (non-hydrogen) atoms. The van der Waals surface area contributed by atoms with Gasteiger partial charge in [-0.15, -0.1) is 0 Å². The van der Waals surface area contributed by atoms with Gasteiger partial charge in [0, 0.05) is 17.8 Å². The summed E-state index contributed by atoms with van der Waals surface area (Å²) in [5, 5.41) is 3.60. The normalized spacial score (nSPS) is 13.6. The number of nitrogens with one attached hydrogen (secondary N) is 1. The number of nitrogens with zero attached hydrogens (tertiary/aromatic N) is 1. The Hall–Kier alpha value is -1.09. The fourth-order valence-electron chi connectivity index (χ4n) is 2.25. The highest BCUT2D eigenvalue weighted by Gasteiger charge is 2.23. The third kappa shape index (κ3) is 4.30. The van der Waals surface area contributed by atoms with Gasteiger partial charge >= 0.3 is 0 Å². The molecule has 3 heteroatoms. The van der Waals surface area contributed by atoms with Gasteiger partial charge in [0.05, 0.1) is 0 Å². The molecule has 0 aliphatic carbocycles. The Balaban J connectivity index is 3.01. The van der Waals surface area contributed by atoms with E-state index < -0.39 is 0 Å². The summed E-state index contributed by atoms with van der Waals surface area (Å²) in [5.41, 5.74) is 8.72. The van der Waals surface area contributed by atoms with Gasteiger partial charge in [-0.3, -0.25) is 0 Å². The average Bonchev–Trinajstić information content (AvgIpc) is 2.23. The van der Waals surface area contributed by atoms with E-state index in [1.165, 1.54) is 11.1 Å². The maximum Gasteiger partial charge on any atom is 0.128 e. The molecule has 0 spiro atoms. The quantitative estimate of drug-likeness (QED) is 0.840. The fourth-order valence-corrected chi connectivity index (χ4v) is 2.25. The smallest absolute Gasteiger partial charge is 0.128 e. The van der Waals surface area contributed by atoms with Crippen LogP contribution >= 0.6 is 0 Å². The average molecular weight is 249 g/mol. The Morgan fingerprint density at radius 3 is 2.56 bits per heavy atom. The molecule has 1 unspecified atom stereocenters. The molecular formula is C15H27N3. The van der Waals surface area contributed by atoms with Crippen molar-refractivity contribution in [1.29, 1.82) is 0 Å². The number of hydrogen-bond acceptors (Lipinski definition) is 3. The molecule has 3 nitrogen and oxygen atoms in total. The molecule has 0 fully saturated rings. The van der Waals surface area contributed by atoms with E-state index in [-0.39, 0.29) is 5.41 Å². The van der Waals surface area contributed by atoms with Gasteiger partial charge in [-0.05, 0) is 43.4 Å². The zero-order chi connectivity index (χ0) is 13.8. The minimum atomic E-state index is 0.264. The van der Waals surface area contributed by atoms with Crippen LogP contribution in [0.25, 0.3) is 0 Å². The van der Waals surface area contributed by atoms with Crippen LogP contribution in [0.3, 0.4) is 0 Å². The molecule has 1 atom stereocenters. The molecule has 0 aliphatic heterocycles. The van der Waals surface area contributed by atoms with E-state index in [2.05, 4.69) is 44.9 Å². The summed E-state index contributed by atoms with van der Waals surface area (Å²) >= 11 is 0. The third-order valence-corrected chi connectivity index (χ3v) is 3.04. The van der Waals surface area contributed by atoms with Crippen molar-refractivity contribution in [3.8, 4) is 0 Å². The Bertz CT molecular complexity index is 360. The van der Waals surface area contributed by atoms with Crippen molar-refractivity contribution in [1.82, 2.24) is 10.3 Å². The van der Waals surface area contributed by atoms with Crippen LogP contribution in [0.2, 0.25) is 0 Å². The number of pyridine rings is 1. The molecule has 0 amide bonds. The van der Waals surface area contributed by atoms with Crippen LogP contribution in [0.4, 0.5) is 5.82 Å². The van der Waals surface area contributed by atoms with Gasteiger partial charge in [-0.2, -0.15) is 0 Å². The van der Waals surface area contributed by atoms with Crippen LogP contribution in [0, 0.1) is 12.3 Å². The predicted octanol–water partition coefficient (Wildman–Crippen LogP) is 3.45. The largest absolute Gasteiger partial charge is 0.383 e. The Kier molecular flexibility index (Phi) is 5.15. The number of aryl methyl sites for hydroxylation is 1. The van der Waals surface area contributed by atoms with Crippen LogP contribution < -0.4 is 11.1 Å². The molecule has 3 N–H and O–H groups in total. The summed E-state index contributed by atoms with van der Waals surface area (Å²) in [6, 6.07) is 2.33. The fraction of sp³-hybridized carbons (Fsp3) is 0.667. The van der Waals surface area contributed by atoms with Crippen molar-refractivity contribution in [3.05, 3.63) is 23.4 Å². The van der Waals surface area contributed by atoms with Gasteiger partial charge in [0.25, 0.3) is 0 Å². The van der Waals surface area contributed by atoms with Crippen LogP contribution in [0.15, 0.2) is 12.3 Å². The molecule has 1 aromatic rings. The minimum Gasteiger partial charge on any atom is -0.383 e. The first-order valence-corrected chi connectivity index (χ1v) is 6.79. The van der Waals surface area contributed by atoms with Crippen molar-refractivity contribution in [2.75, 3.05) is 12.3 Å². The van der Waals surface area contributed by atoms with Gasteiger partial charge in [0.1, 0.15) is 5.82 Å². The number of nitrogen functional groups attached to an aromatic ring is 1. The molecule has 1 aromatic heterocycles. The summed E-state index contributed by atoms with van der Waals surface area (Å²) in [6.07, 6.45) is 3.96. The highest BCUT2D eigenvalue weighted by molar-refractivity contribution is 5.46. The summed E-state index contributed by atoms with van der Waals surface area (Å²) in [6.45, 7) is 12.1. The highest BCUT2D eigenvalue weighted by Crippen LogP contribution is 2.33. The number of hydrogen-bond donors (Lipinski definition) is 2. The summed E-state index contributed by atoms with van der Waals surface area (Å²) in [4.78, 5) is 4.24. The molecule has 0 aromatic carbocycles. The zero-order valence-electron chi connectivity index (χ0n) is 12.4. The monoisotopic (exact) mass is 249 g/mol. The molecule has 1 rings (SSSR count). The Morgan fingerprint density at radius 2 is 2.06 bits per heavy atom. The van der Waals surface area contributed by atoms with E-state index in [9.17, 15) is 0 Å². The van der Waals surface area contributed by atoms with Gasteiger partial charge < -0.3 is 11.1 Å². The van der Waals surface area contributed by atoms with Crippen molar-refractivity contribution < 1.29 is 0 Å². The molecular weight excluding hydrogens is 222 g/mol. The molecule has 0 aliphatic rings. The van der Waals surface area contributed by atoms with Crippen molar-refractivity contribution in [2.24, 2.45) is 5.41 Å². The van der Waals surface area contributed by atoms with Crippen LogP contribution in [-0.4, -0.2) is 11.5 Å². The third-order valence-electron chi connectivity index (χ3n) is 3.04. The molecule has 0 bridgehead atoms. The van der Waals surface area contributed by atoms with Gasteiger partial charge in [0.2, 0.25) is 0 Å². The number of anilines is 1. The maximum absolute atomic E-state index is 6.06. The second-order valence-electron chi connectivity index (χ2n) is 6.20. The standard InChI is InChI=1S/C15H27N3/c1-6-8-17-12(10-15(3,4)5)13-11(2)7-9-18-14(13)16/h7,9,12,17H,6,8,10H2,1-5H3,(H2,16,18). The maximum atomic E-state index is 6.06.